The first-order valence-electron chi connectivity index (χ1n) is 7.57. The minimum absolute atomic E-state index is 0.329. The first kappa shape index (κ1) is 13.1. The van der Waals surface area contributed by atoms with E-state index in [1.165, 1.54) is 24.8 Å². The van der Waals surface area contributed by atoms with Crippen LogP contribution < -0.4 is 0 Å². The zero-order valence-electron chi connectivity index (χ0n) is 11.8. The van der Waals surface area contributed by atoms with E-state index in [0.29, 0.717) is 6.10 Å². The third-order valence-electron chi connectivity index (χ3n) is 5.09. The average Bonchev–Trinajstić information content (AvgIpc) is 2.38. The number of benzene rings is 1. The molecule has 2 heteroatoms. The largest absolute Gasteiger partial charge is 0.385 e. The van der Waals surface area contributed by atoms with Gasteiger partial charge in [0.05, 0.1) is 11.7 Å². The van der Waals surface area contributed by atoms with Crippen LogP contribution >= 0.6 is 0 Å². The van der Waals surface area contributed by atoms with Gasteiger partial charge in [0.2, 0.25) is 0 Å². The lowest BCUT2D eigenvalue weighted by Gasteiger charge is -2.36. The van der Waals surface area contributed by atoms with Crippen molar-refractivity contribution in [3.8, 4) is 0 Å². The lowest BCUT2D eigenvalue weighted by Crippen LogP contribution is -2.34. The second kappa shape index (κ2) is 5.26. The molecule has 104 valence electrons. The SMILES string of the molecule is COC1CCC(O)(c2cccc(C3CCC3)c2)CC1. The Hall–Kier alpha value is -0.860. The number of rotatable bonds is 3. The highest BCUT2D eigenvalue weighted by molar-refractivity contribution is 5.31. The van der Waals surface area contributed by atoms with E-state index in [4.69, 9.17) is 4.74 Å². The summed E-state index contributed by atoms with van der Waals surface area (Å²) in [4.78, 5) is 0. The van der Waals surface area contributed by atoms with Crippen LogP contribution in [0, 0.1) is 0 Å². The quantitative estimate of drug-likeness (QED) is 0.897. The molecule has 0 heterocycles. The van der Waals surface area contributed by atoms with E-state index in [2.05, 4.69) is 24.3 Å². The lowest BCUT2D eigenvalue weighted by atomic mass is 9.75. The molecule has 2 saturated carbocycles. The van der Waals surface area contributed by atoms with E-state index in [0.717, 1.165) is 37.2 Å². The molecule has 2 nitrogen and oxygen atoms in total. The van der Waals surface area contributed by atoms with Gasteiger partial charge >= 0.3 is 0 Å². The minimum atomic E-state index is -0.630. The molecule has 0 radical (unpaired) electrons. The van der Waals surface area contributed by atoms with Crippen LogP contribution in [0.2, 0.25) is 0 Å². The van der Waals surface area contributed by atoms with E-state index in [9.17, 15) is 5.11 Å². The number of aliphatic hydroxyl groups is 1. The van der Waals surface area contributed by atoms with Crippen LogP contribution in [0.25, 0.3) is 0 Å². The topological polar surface area (TPSA) is 29.5 Å². The summed E-state index contributed by atoms with van der Waals surface area (Å²) in [6.45, 7) is 0. The van der Waals surface area contributed by atoms with E-state index < -0.39 is 5.60 Å². The molecular weight excluding hydrogens is 236 g/mol. The predicted molar refractivity (Wildman–Crippen MR) is 76.2 cm³/mol. The molecule has 0 spiro atoms. The molecular formula is C17H24O2. The lowest BCUT2D eigenvalue weighted by molar-refractivity contribution is -0.0474. The predicted octanol–water partition coefficient (Wildman–Crippen LogP) is 3.73. The first-order valence-corrected chi connectivity index (χ1v) is 7.57. The van der Waals surface area contributed by atoms with Gasteiger partial charge in [-0.15, -0.1) is 0 Å². The van der Waals surface area contributed by atoms with Gasteiger partial charge in [-0.05, 0) is 55.6 Å². The van der Waals surface area contributed by atoms with Crippen LogP contribution in [-0.4, -0.2) is 18.3 Å². The van der Waals surface area contributed by atoms with Crippen LogP contribution in [0.15, 0.2) is 24.3 Å². The molecule has 0 aliphatic heterocycles. The molecule has 2 aliphatic carbocycles. The highest BCUT2D eigenvalue weighted by atomic mass is 16.5. The molecule has 1 aromatic carbocycles. The van der Waals surface area contributed by atoms with Crippen molar-refractivity contribution in [2.45, 2.75) is 62.6 Å². The molecule has 0 bridgehead atoms. The van der Waals surface area contributed by atoms with Crippen LogP contribution in [0.5, 0.6) is 0 Å². The monoisotopic (exact) mass is 260 g/mol. The zero-order chi connectivity index (χ0) is 13.3. The molecule has 0 amide bonds. The molecule has 0 aromatic heterocycles. The van der Waals surface area contributed by atoms with Gasteiger partial charge in [-0.1, -0.05) is 30.7 Å². The maximum atomic E-state index is 10.9. The molecule has 0 unspecified atom stereocenters. The Kier molecular flexibility index (Phi) is 3.64. The fourth-order valence-electron chi connectivity index (χ4n) is 3.42. The summed E-state index contributed by atoms with van der Waals surface area (Å²) in [5.74, 6) is 0.735. The van der Waals surface area contributed by atoms with E-state index >= 15 is 0 Å². The van der Waals surface area contributed by atoms with Gasteiger partial charge in [-0.3, -0.25) is 0 Å². The molecule has 3 rings (SSSR count). The normalized spacial score (nSPS) is 32.0. The zero-order valence-corrected chi connectivity index (χ0v) is 11.8. The summed E-state index contributed by atoms with van der Waals surface area (Å²) in [5.41, 5.74) is 1.91. The van der Waals surface area contributed by atoms with Crippen LogP contribution in [-0.2, 0) is 10.3 Å². The summed E-state index contributed by atoms with van der Waals surface area (Å²) in [7, 11) is 1.77. The Labute approximate surface area is 115 Å². The van der Waals surface area contributed by atoms with E-state index in [1.54, 1.807) is 7.11 Å². The molecule has 19 heavy (non-hydrogen) atoms. The maximum absolute atomic E-state index is 10.9. The van der Waals surface area contributed by atoms with Gasteiger partial charge in [0.25, 0.3) is 0 Å². The number of methoxy groups -OCH3 is 1. The van der Waals surface area contributed by atoms with Gasteiger partial charge in [0, 0.05) is 7.11 Å². The fourth-order valence-corrected chi connectivity index (χ4v) is 3.42. The molecule has 2 fully saturated rings. The van der Waals surface area contributed by atoms with Crippen LogP contribution in [0.4, 0.5) is 0 Å². The van der Waals surface area contributed by atoms with Gasteiger partial charge in [0.15, 0.2) is 0 Å². The number of hydrogen-bond acceptors (Lipinski definition) is 2. The van der Waals surface area contributed by atoms with Gasteiger partial charge < -0.3 is 9.84 Å². The Bertz CT molecular complexity index is 429. The van der Waals surface area contributed by atoms with Gasteiger partial charge in [0.1, 0.15) is 0 Å². The van der Waals surface area contributed by atoms with Crippen molar-refractivity contribution >= 4 is 0 Å². The first-order chi connectivity index (χ1) is 9.21. The summed E-state index contributed by atoms with van der Waals surface area (Å²) in [6, 6.07) is 8.67. The minimum Gasteiger partial charge on any atom is -0.385 e. The third-order valence-corrected chi connectivity index (χ3v) is 5.09. The highest BCUT2D eigenvalue weighted by Crippen LogP contribution is 2.41. The van der Waals surface area contributed by atoms with Crippen molar-refractivity contribution in [3.05, 3.63) is 35.4 Å². The van der Waals surface area contributed by atoms with Crippen molar-refractivity contribution in [1.29, 1.82) is 0 Å². The number of hydrogen-bond donors (Lipinski definition) is 1. The van der Waals surface area contributed by atoms with E-state index in [-0.39, 0.29) is 0 Å². The molecule has 1 aromatic rings. The molecule has 0 saturated heterocycles. The molecule has 1 N–H and O–H groups in total. The van der Waals surface area contributed by atoms with Gasteiger partial charge in [-0.2, -0.15) is 0 Å². The maximum Gasteiger partial charge on any atom is 0.0898 e. The standard InChI is InChI=1S/C17H24O2/c1-19-16-8-10-17(18,11-9-16)15-7-3-6-14(12-15)13-4-2-5-13/h3,6-7,12-13,16,18H,2,4-5,8-11H2,1H3. The second-order valence-corrected chi connectivity index (χ2v) is 6.22. The smallest absolute Gasteiger partial charge is 0.0898 e. The summed E-state index contributed by atoms with van der Waals surface area (Å²) in [6.07, 6.45) is 7.87. The Morgan fingerprint density at radius 2 is 1.89 bits per heavy atom. The summed E-state index contributed by atoms with van der Waals surface area (Å²) < 4.78 is 5.40. The molecule has 0 atom stereocenters. The van der Waals surface area contributed by atoms with Crippen molar-refractivity contribution in [2.24, 2.45) is 0 Å². The van der Waals surface area contributed by atoms with Crippen molar-refractivity contribution in [3.63, 3.8) is 0 Å². The van der Waals surface area contributed by atoms with Crippen molar-refractivity contribution < 1.29 is 9.84 Å². The fraction of sp³-hybridized carbons (Fsp3) is 0.647. The van der Waals surface area contributed by atoms with Gasteiger partial charge in [-0.25, -0.2) is 0 Å². The number of ether oxygens (including phenoxy) is 1. The Morgan fingerprint density at radius 3 is 2.47 bits per heavy atom. The Balaban J connectivity index is 1.77. The van der Waals surface area contributed by atoms with Crippen LogP contribution in [0.3, 0.4) is 0 Å². The van der Waals surface area contributed by atoms with Crippen LogP contribution in [0.1, 0.15) is 62.0 Å². The summed E-state index contributed by atoms with van der Waals surface area (Å²) >= 11 is 0. The van der Waals surface area contributed by atoms with Crippen molar-refractivity contribution in [1.82, 2.24) is 0 Å². The highest BCUT2D eigenvalue weighted by Gasteiger charge is 2.35. The second-order valence-electron chi connectivity index (χ2n) is 6.22. The summed E-state index contributed by atoms with van der Waals surface area (Å²) in [5, 5.41) is 10.9. The average molecular weight is 260 g/mol. The third kappa shape index (κ3) is 2.56. The van der Waals surface area contributed by atoms with E-state index in [1.807, 2.05) is 0 Å². The molecule has 2 aliphatic rings. The Morgan fingerprint density at radius 1 is 1.16 bits per heavy atom. The van der Waals surface area contributed by atoms with Crippen molar-refractivity contribution in [2.75, 3.05) is 7.11 Å².